The Balaban J connectivity index is 2.42. The maximum atomic E-state index is 13.8. The van der Waals surface area contributed by atoms with Crippen molar-refractivity contribution in [2.24, 2.45) is 11.8 Å². The molecule has 1 aliphatic carbocycles. The van der Waals surface area contributed by atoms with Crippen molar-refractivity contribution >= 4 is 17.5 Å². The molecule has 0 fully saturated rings. The van der Waals surface area contributed by atoms with E-state index in [2.05, 4.69) is 4.74 Å². The van der Waals surface area contributed by atoms with Gasteiger partial charge >= 0.3 is 11.9 Å². The Labute approximate surface area is 160 Å². The molecule has 1 rings (SSSR count). The molecular weight excluding hydrogens is 354 g/mol. The first-order valence-corrected chi connectivity index (χ1v) is 9.66. The summed E-state index contributed by atoms with van der Waals surface area (Å²) < 4.78 is 32.1. The Hall–Kier alpha value is -1.85. The largest absolute Gasteiger partial charge is 0.469 e. The lowest BCUT2D eigenvalue weighted by Gasteiger charge is -2.19. The number of carbonyl (C=O) groups excluding carboxylic acids is 3. The predicted octanol–water partition coefficient (Wildman–Crippen LogP) is 4.82. The number of esters is 1. The number of rotatable bonds is 13. The van der Waals surface area contributed by atoms with Crippen molar-refractivity contribution in [1.82, 2.24) is 0 Å². The number of halogens is 2. The van der Waals surface area contributed by atoms with Gasteiger partial charge in [-0.1, -0.05) is 31.6 Å². The van der Waals surface area contributed by atoms with Gasteiger partial charge in [-0.05, 0) is 44.1 Å². The number of ether oxygens (including phenoxy) is 1. The summed E-state index contributed by atoms with van der Waals surface area (Å²) in [5.41, 5.74) is 0. The second kappa shape index (κ2) is 11.8. The Morgan fingerprint density at radius 1 is 1.22 bits per heavy atom. The van der Waals surface area contributed by atoms with E-state index in [4.69, 9.17) is 0 Å². The van der Waals surface area contributed by atoms with Gasteiger partial charge in [0.05, 0.1) is 7.11 Å². The smallest absolute Gasteiger partial charge is 0.305 e. The summed E-state index contributed by atoms with van der Waals surface area (Å²) in [6.07, 6.45) is 9.85. The van der Waals surface area contributed by atoms with Crippen LogP contribution in [0.3, 0.4) is 0 Å². The van der Waals surface area contributed by atoms with Gasteiger partial charge in [-0.2, -0.15) is 8.78 Å². The predicted molar refractivity (Wildman–Crippen MR) is 99.5 cm³/mol. The fourth-order valence-electron chi connectivity index (χ4n) is 3.12. The van der Waals surface area contributed by atoms with Crippen LogP contribution >= 0.6 is 0 Å². The number of alkyl halides is 2. The zero-order chi connectivity index (χ0) is 20.3. The maximum Gasteiger partial charge on any atom is 0.305 e. The van der Waals surface area contributed by atoms with E-state index in [0.717, 1.165) is 0 Å². The maximum absolute atomic E-state index is 13.8. The highest BCUT2D eigenvalue weighted by molar-refractivity contribution is 5.94. The van der Waals surface area contributed by atoms with Gasteiger partial charge in [0.25, 0.3) is 0 Å². The summed E-state index contributed by atoms with van der Waals surface area (Å²) in [6, 6.07) is 0. The van der Waals surface area contributed by atoms with E-state index in [1.807, 2.05) is 19.1 Å². The van der Waals surface area contributed by atoms with Gasteiger partial charge in [-0.25, -0.2) is 0 Å². The minimum Gasteiger partial charge on any atom is -0.469 e. The van der Waals surface area contributed by atoms with Crippen LogP contribution in [-0.4, -0.2) is 30.6 Å². The van der Waals surface area contributed by atoms with E-state index in [-0.39, 0.29) is 36.4 Å². The molecule has 27 heavy (non-hydrogen) atoms. The van der Waals surface area contributed by atoms with Crippen LogP contribution in [0, 0.1) is 11.8 Å². The average molecular weight is 384 g/mol. The van der Waals surface area contributed by atoms with Crippen molar-refractivity contribution < 1.29 is 27.9 Å². The molecule has 0 radical (unpaired) electrons. The van der Waals surface area contributed by atoms with Crippen LogP contribution in [-0.2, 0) is 19.1 Å². The van der Waals surface area contributed by atoms with Crippen molar-refractivity contribution in [3.63, 3.8) is 0 Å². The van der Waals surface area contributed by atoms with Crippen molar-refractivity contribution in [2.75, 3.05) is 7.11 Å². The summed E-state index contributed by atoms with van der Waals surface area (Å²) >= 11 is 0. The van der Waals surface area contributed by atoms with E-state index in [0.29, 0.717) is 38.5 Å². The van der Waals surface area contributed by atoms with E-state index in [1.54, 1.807) is 6.08 Å². The number of hydrogen-bond acceptors (Lipinski definition) is 4. The van der Waals surface area contributed by atoms with E-state index >= 15 is 0 Å². The first kappa shape index (κ1) is 23.2. The summed E-state index contributed by atoms with van der Waals surface area (Å²) in [6.45, 7) is 1.81. The van der Waals surface area contributed by atoms with Gasteiger partial charge in [0.2, 0.25) is 5.78 Å². The van der Waals surface area contributed by atoms with Crippen molar-refractivity contribution in [1.29, 1.82) is 0 Å². The molecule has 0 spiro atoms. The molecule has 0 bridgehead atoms. The first-order valence-electron chi connectivity index (χ1n) is 9.66. The number of methoxy groups -OCH3 is 1. The number of hydrogen-bond donors (Lipinski definition) is 0. The normalized spacial score (nSPS) is 19.8. The van der Waals surface area contributed by atoms with Gasteiger partial charge in [-0.15, -0.1) is 0 Å². The van der Waals surface area contributed by atoms with Gasteiger partial charge in [-0.3, -0.25) is 14.4 Å². The number of ketones is 2. The molecule has 0 heterocycles. The molecule has 0 aromatic heterocycles. The van der Waals surface area contributed by atoms with Gasteiger partial charge in [0.15, 0.2) is 5.78 Å². The van der Waals surface area contributed by atoms with E-state index < -0.39 is 18.1 Å². The van der Waals surface area contributed by atoms with Crippen molar-refractivity contribution in [3.05, 3.63) is 24.3 Å². The second-order valence-electron chi connectivity index (χ2n) is 6.98. The Bertz CT molecular complexity index is 567. The lowest BCUT2D eigenvalue weighted by Crippen LogP contribution is -2.29. The average Bonchev–Trinajstić information content (AvgIpc) is 3.00. The highest BCUT2D eigenvalue weighted by Gasteiger charge is 2.38. The van der Waals surface area contributed by atoms with Crippen LogP contribution in [0.1, 0.15) is 64.7 Å². The molecule has 2 atom stereocenters. The lowest BCUT2D eigenvalue weighted by molar-refractivity contribution is -0.144. The fraction of sp³-hybridized carbons (Fsp3) is 0.667. The summed E-state index contributed by atoms with van der Waals surface area (Å²) in [4.78, 5) is 34.8. The number of unbranched alkanes of at least 4 members (excludes halogenated alkanes) is 2. The minimum absolute atomic E-state index is 0.0237. The van der Waals surface area contributed by atoms with Crippen LogP contribution in [0.2, 0.25) is 0 Å². The molecule has 0 aromatic rings. The van der Waals surface area contributed by atoms with Crippen LogP contribution < -0.4 is 0 Å². The monoisotopic (exact) mass is 384 g/mol. The summed E-state index contributed by atoms with van der Waals surface area (Å²) in [5, 5.41) is 0. The third-order valence-electron chi connectivity index (χ3n) is 4.88. The lowest BCUT2D eigenvalue weighted by atomic mass is 9.86. The zero-order valence-electron chi connectivity index (χ0n) is 16.2. The zero-order valence-corrected chi connectivity index (χ0v) is 16.2. The Morgan fingerprint density at radius 2 is 1.96 bits per heavy atom. The van der Waals surface area contributed by atoms with E-state index in [9.17, 15) is 23.2 Å². The number of allylic oxidation sites excluding steroid dienone is 4. The van der Waals surface area contributed by atoms with Gasteiger partial charge in [0, 0.05) is 25.2 Å². The molecule has 0 unspecified atom stereocenters. The quantitative estimate of drug-likeness (QED) is 0.259. The number of carbonyl (C=O) groups is 3. The minimum atomic E-state index is -3.27. The molecule has 0 aromatic carbocycles. The molecule has 152 valence electrons. The second-order valence-corrected chi connectivity index (χ2v) is 6.98. The summed E-state index contributed by atoms with van der Waals surface area (Å²) in [5.74, 6) is -5.04. The first-order chi connectivity index (χ1) is 12.8. The van der Waals surface area contributed by atoms with Gasteiger partial charge in [0.1, 0.15) is 0 Å². The highest BCUT2D eigenvalue weighted by atomic mass is 19.3. The molecule has 0 amide bonds. The molecule has 0 aliphatic heterocycles. The standard InChI is InChI=1S/C21H30F2O4/c1-3-4-15-21(22,23)19(25)14-12-16-11-13-18(24)17(16)9-7-5-6-8-10-20(26)27-2/h5,7,11,13,16-17H,3-4,6,8-10,12,14-15H2,1-2H3/t16-,17-/m1/s1. The SMILES string of the molecule is CCCCC(F)(F)C(=O)CC[C@H]1C=CC(=O)[C@@H]1CC=CCCCC(=O)OC. The third kappa shape index (κ3) is 8.14. The molecule has 0 saturated heterocycles. The van der Waals surface area contributed by atoms with Crippen LogP contribution in [0.25, 0.3) is 0 Å². The van der Waals surface area contributed by atoms with E-state index in [1.165, 1.54) is 13.2 Å². The Morgan fingerprint density at radius 3 is 2.63 bits per heavy atom. The van der Waals surface area contributed by atoms with Crippen molar-refractivity contribution in [3.8, 4) is 0 Å². The third-order valence-corrected chi connectivity index (χ3v) is 4.88. The molecular formula is C21H30F2O4. The van der Waals surface area contributed by atoms with Crippen LogP contribution in [0.15, 0.2) is 24.3 Å². The van der Waals surface area contributed by atoms with Gasteiger partial charge < -0.3 is 4.74 Å². The van der Waals surface area contributed by atoms with Crippen LogP contribution in [0.5, 0.6) is 0 Å². The highest BCUT2D eigenvalue weighted by Crippen LogP contribution is 2.32. The van der Waals surface area contributed by atoms with Crippen LogP contribution in [0.4, 0.5) is 8.78 Å². The molecule has 6 heteroatoms. The molecule has 0 saturated carbocycles. The topological polar surface area (TPSA) is 60.4 Å². The molecule has 4 nitrogen and oxygen atoms in total. The molecule has 0 N–H and O–H groups in total. The number of Topliss-reactive ketones (excluding diaryl/α,β-unsaturated/α-hetero) is 1. The fourth-order valence-corrected chi connectivity index (χ4v) is 3.12. The van der Waals surface area contributed by atoms with Crippen molar-refractivity contribution in [2.45, 2.75) is 70.6 Å². The molecule has 1 aliphatic rings. The Kier molecular flexibility index (Phi) is 10.1. The summed E-state index contributed by atoms with van der Waals surface area (Å²) in [7, 11) is 1.35.